The van der Waals surface area contributed by atoms with Crippen molar-refractivity contribution >= 4 is 29.1 Å². The maximum Gasteiger partial charge on any atom is 0.256 e. The molecule has 1 aliphatic heterocycles. The number of rotatable bonds is 6. The van der Waals surface area contributed by atoms with Gasteiger partial charge in [0.15, 0.2) is 0 Å². The molecule has 2 N–H and O–H groups in total. The van der Waals surface area contributed by atoms with Gasteiger partial charge in [0, 0.05) is 27.9 Å². The first-order chi connectivity index (χ1) is 16.8. The van der Waals surface area contributed by atoms with Gasteiger partial charge in [-0.15, -0.1) is 0 Å². The number of benzene rings is 1. The van der Waals surface area contributed by atoms with E-state index in [-0.39, 0.29) is 23.6 Å². The highest BCUT2D eigenvalue weighted by Crippen LogP contribution is 2.33. The number of nitriles is 1. The van der Waals surface area contributed by atoms with Crippen LogP contribution >= 0.6 is 11.6 Å². The van der Waals surface area contributed by atoms with Crippen LogP contribution in [0.2, 0.25) is 5.02 Å². The van der Waals surface area contributed by atoms with Crippen molar-refractivity contribution in [2.24, 2.45) is 11.0 Å². The first-order valence-corrected chi connectivity index (χ1v) is 10.9. The van der Waals surface area contributed by atoms with Gasteiger partial charge in [-0.05, 0) is 36.8 Å². The van der Waals surface area contributed by atoms with Gasteiger partial charge in [0.05, 0.1) is 30.7 Å². The monoisotopic (exact) mass is 495 g/mol. The lowest BCUT2D eigenvalue weighted by Gasteiger charge is -2.21. The van der Waals surface area contributed by atoms with Crippen LogP contribution in [0.3, 0.4) is 0 Å². The molecule has 11 heteroatoms. The molecule has 1 aliphatic carbocycles. The van der Waals surface area contributed by atoms with E-state index in [1.54, 1.807) is 19.1 Å². The van der Waals surface area contributed by atoms with Crippen LogP contribution in [0.1, 0.15) is 24.9 Å². The normalized spacial score (nSPS) is 17.3. The summed E-state index contributed by atoms with van der Waals surface area (Å²) in [4.78, 5) is 37.8. The second kappa shape index (κ2) is 9.56. The SMILES string of the molecule is CCC(C(=O)NC1=CC2=NNC(=O)C2C(F)=C1)n1cc(OC)c(-c2cc(Cl)ccc2C#N)cc1=O. The molecule has 2 aromatic rings. The number of methoxy groups -OCH3 is 1. The Kier molecular flexibility index (Phi) is 6.53. The molecule has 2 unspecified atom stereocenters. The molecule has 1 aromatic carbocycles. The number of hydrazone groups is 1. The summed E-state index contributed by atoms with van der Waals surface area (Å²) in [5, 5.41) is 16.2. The van der Waals surface area contributed by atoms with Gasteiger partial charge in [0.25, 0.3) is 11.5 Å². The Morgan fingerprint density at radius 3 is 2.80 bits per heavy atom. The summed E-state index contributed by atoms with van der Waals surface area (Å²) in [5.74, 6) is -2.77. The largest absolute Gasteiger partial charge is 0.495 e. The predicted molar refractivity (Wildman–Crippen MR) is 126 cm³/mol. The molecule has 178 valence electrons. The molecular weight excluding hydrogens is 477 g/mol. The Hall–Kier alpha value is -4.23. The van der Waals surface area contributed by atoms with E-state index in [0.717, 1.165) is 6.08 Å². The lowest BCUT2D eigenvalue weighted by atomic mass is 9.96. The van der Waals surface area contributed by atoms with Gasteiger partial charge < -0.3 is 10.1 Å². The standard InChI is InChI=1S/C24H19ClFN5O4/c1-3-19(23(33)28-14-7-17(26)22-18(8-14)29-30-24(22)34)31-11-20(35-2)16(9-21(31)32)15-6-13(25)5-4-12(15)10-27/h4-9,11,19,22H,3H2,1-2H3,(H,28,33)(H,30,34). The summed E-state index contributed by atoms with van der Waals surface area (Å²) < 4.78 is 21.0. The Labute approximate surface area is 204 Å². The minimum Gasteiger partial charge on any atom is -0.495 e. The van der Waals surface area contributed by atoms with Crippen LogP contribution in [-0.4, -0.2) is 29.2 Å². The fraction of sp³-hybridized carbons (Fsp3) is 0.208. The van der Waals surface area contributed by atoms with Gasteiger partial charge in [-0.2, -0.15) is 10.4 Å². The molecule has 2 heterocycles. The number of fused-ring (bicyclic) bond motifs is 1. The van der Waals surface area contributed by atoms with Crippen molar-refractivity contribution < 1.29 is 18.7 Å². The average molecular weight is 496 g/mol. The minimum atomic E-state index is -1.12. The van der Waals surface area contributed by atoms with Gasteiger partial charge in [0.1, 0.15) is 23.5 Å². The molecule has 1 aromatic heterocycles. The molecule has 0 saturated heterocycles. The van der Waals surface area contributed by atoms with Crippen LogP contribution in [0.15, 0.2) is 64.0 Å². The fourth-order valence-electron chi connectivity index (χ4n) is 3.99. The zero-order chi connectivity index (χ0) is 25.3. The van der Waals surface area contributed by atoms with Crippen molar-refractivity contribution in [1.82, 2.24) is 15.3 Å². The van der Waals surface area contributed by atoms with Gasteiger partial charge in [-0.1, -0.05) is 18.5 Å². The van der Waals surface area contributed by atoms with Crippen molar-refractivity contribution in [3.63, 3.8) is 0 Å². The van der Waals surface area contributed by atoms with Crippen molar-refractivity contribution in [3.8, 4) is 22.9 Å². The molecule has 0 spiro atoms. The number of aromatic nitrogens is 1. The number of pyridine rings is 1. The first-order valence-electron chi connectivity index (χ1n) is 10.5. The maximum absolute atomic E-state index is 14.4. The summed E-state index contributed by atoms with van der Waals surface area (Å²) in [6, 6.07) is 7.04. The van der Waals surface area contributed by atoms with E-state index in [2.05, 4.69) is 21.9 Å². The van der Waals surface area contributed by atoms with Crippen LogP contribution in [0.4, 0.5) is 4.39 Å². The summed E-state index contributed by atoms with van der Waals surface area (Å²) >= 11 is 6.10. The average Bonchev–Trinajstić information content (AvgIpc) is 3.21. The molecule has 4 rings (SSSR count). The summed E-state index contributed by atoms with van der Waals surface area (Å²) in [6.07, 6.45) is 4.07. The van der Waals surface area contributed by atoms with E-state index in [0.29, 0.717) is 21.7 Å². The van der Waals surface area contributed by atoms with Crippen LogP contribution < -0.4 is 21.0 Å². The smallest absolute Gasteiger partial charge is 0.256 e. The van der Waals surface area contributed by atoms with Crippen molar-refractivity contribution in [2.75, 3.05) is 7.11 Å². The Balaban J connectivity index is 1.68. The number of nitrogens with zero attached hydrogens (tertiary/aromatic N) is 3. The van der Waals surface area contributed by atoms with Gasteiger partial charge in [0.2, 0.25) is 5.91 Å². The third-order valence-corrected chi connectivity index (χ3v) is 5.91. The number of carbonyl (C=O) groups is 2. The third-order valence-electron chi connectivity index (χ3n) is 5.67. The quantitative estimate of drug-likeness (QED) is 0.637. The molecule has 0 fully saturated rings. The number of nitrogens with one attached hydrogen (secondary N) is 2. The van der Waals surface area contributed by atoms with Gasteiger partial charge >= 0.3 is 0 Å². The molecule has 2 amide bonds. The predicted octanol–water partition coefficient (Wildman–Crippen LogP) is 2.97. The second-order valence-electron chi connectivity index (χ2n) is 7.79. The molecule has 0 radical (unpaired) electrons. The number of allylic oxidation sites excluding steroid dienone is 2. The fourth-order valence-corrected chi connectivity index (χ4v) is 4.16. The third kappa shape index (κ3) is 4.46. The summed E-state index contributed by atoms with van der Waals surface area (Å²) in [6.45, 7) is 1.72. The summed E-state index contributed by atoms with van der Waals surface area (Å²) in [5.41, 5.74) is 3.01. The molecule has 0 bridgehead atoms. The Morgan fingerprint density at radius 1 is 1.34 bits per heavy atom. The lowest BCUT2D eigenvalue weighted by Crippen LogP contribution is -2.37. The highest BCUT2D eigenvalue weighted by Gasteiger charge is 2.36. The molecule has 2 aliphatic rings. The van der Waals surface area contributed by atoms with E-state index in [4.69, 9.17) is 16.3 Å². The number of halogens is 2. The van der Waals surface area contributed by atoms with Gasteiger partial charge in [-0.3, -0.25) is 19.0 Å². The van der Waals surface area contributed by atoms with Crippen LogP contribution in [0.25, 0.3) is 11.1 Å². The topological polar surface area (TPSA) is 126 Å². The number of ether oxygens (including phenoxy) is 1. The number of hydrogen-bond acceptors (Lipinski definition) is 6. The van der Waals surface area contributed by atoms with E-state index in [9.17, 15) is 24.0 Å². The van der Waals surface area contributed by atoms with Crippen molar-refractivity contribution in [1.29, 1.82) is 5.26 Å². The highest BCUT2D eigenvalue weighted by molar-refractivity contribution is 6.31. The zero-order valence-corrected chi connectivity index (χ0v) is 19.4. The lowest BCUT2D eigenvalue weighted by molar-refractivity contribution is -0.123. The Bertz CT molecular complexity index is 1440. The first kappa shape index (κ1) is 23.9. The molecule has 35 heavy (non-hydrogen) atoms. The molecular formula is C24H19ClFN5O4. The van der Waals surface area contributed by atoms with Crippen LogP contribution in [0, 0.1) is 17.2 Å². The van der Waals surface area contributed by atoms with E-state index in [1.807, 2.05) is 0 Å². The molecule has 2 atom stereocenters. The number of amides is 2. The maximum atomic E-state index is 14.4. The highest BCUT2D eigenvalue weighted by atomic mass is 35.5. The van der Waals surface area contributed by atoms with Gasteiger partial charge in [-0.25, -0.2) is 9.82 Å². The van der Waals surface area contributed by atoms with E-state index >= 15 is 0 Å². The van der Waals surface area contributed by atoms with Crippen LogP contribution in [0.5, 0.6) is 5.75 Å². The number of carbonyl (C=O) groups excluding carboxylic acids is 2. The Morgan fingerprint density at radius 2 is 2.11 bits per heavy atom. The number of hydrogen-bond donors (Lipinski definition) is 2. The van der Waals surface area contributed by atoms with Crippen LogP contribution in [-0.2, 0) is 9.59 Å². The molecule has 0 saturated carbocycles. The van der Waals surface area contributed by atoms with E-state index in [1.165, 1.54) is 36.1 Å². The zero-order valence-electron chi connectivity index (χ0n) is 18.6. The second-order valence-corrected chi connectivity index (χ2v) is 8.23. The minimum absolute atomic E-state index is 0.103. The van der Waals surface area contributed by atoms with E-state index < -0.39 is 35.2 Å². The van der Waals surface area contributed by atoms with Crippen molar-refractivity contribution in [2.45, 2.75) is 19.4 Å². The van der Waals surface area contributed by atoms with Crippen molar-refractivity contribution in [3.05, 3.63) is 75.1 Å². The summed E-state index contributed by atoms with van der Waals surface area (Å²) in [7, 11) is 1.40. The molecule has 9 nitrogen and oxygen atoms in total.